The van der Waals surface area contributed by atoms with Gasteiger partial charge in [0, 0.05) is 35.4 Å². The molecule has 1 aliphatic rings. The van der Waals surface area contributed by atoms with Crippen LogP contribution < -0.4 is 4.90 Å². The van der Waals surface area contributed by atoms with Gasteiger partial charge in [0.15, 0.2) is 0 Å². The molecule has 134 valence electrons. The fourth-order valence-electron chi connectivity index (χ4n) is 3.61. The minimum Gasteiger partial charge on any atom is -0.342 e. The maximum absolute atomic E-state index is 5.97. The van der Waals surface area contributed by atoms with Crippen LogP contribution in [0.3, 0.4) is 0 Å². The maximum atomic E-state index is 5.97. The summed E-state index contributed by atoms with van der Waals surface area (Å²) in [5, 5.41) is 0.740. The number of pyridine rings is 1. The van der Waals surface area contributed by atoms with Crippen LogP contribution in [0.2, 0.25) is 5.02 Å². The van der Waals surface area contributed by atoms with Crippen molar-refractivity contribution in [2.75, 3.05) is 18.0 Å². The molecule has 1 aliphatic heterocycles. The average Bonchev–Trinajstić information content (AvgIpc) is 3.38. The number of aromatic nitrogens is 3. The Morgan fingerprint density at radius 3 is 2.33 bits per heavy atom. The quantitative estimate of drug-likeness (QED) is 0.511. The second kappa shape index (κ2) is 6.71. The molecule has 27 heavy (non-hydrogen) atoms. The van der Waals surface area contributed by atoms with Gasteiger partial charge in [-0.1, -0.05) is 35.9 Å². The normalized spacial score (nSPS) is 14.2. The number of H-pyrrole nitrogens is 1. The summed E-state index contributed by atoms with van der Waals surface area (Å²) >= 11 is 5.97. The highest BCUT2D eigenvalue weighted by Gasteiger charge is 2.16. The molecule has 0 atom stereocenters. The van der Waals surface area contributed by atoms with Crippen molar-refractivity contribution < 1.29 is 0 Å². The zero-order valence-electron chi connectivity index (χ0n) is 14.8. The van der Waals surface area contributed by atoms with E-state index in [1.165, 1.54) is 12.8 Å². The predicted molar refractivity (Wildman–Crippen MR) is 111 cm³/mol. The smallest absolute Gasteiger partial charge is 0.203 e. The summed E-state index contributed by atoms with van der Waals surface area (Å²) in [5.74, 6) is 0.977. The van der Waals surface area contributed by atoms with Crippen LogP contribution in [0.15, 0.2) is 60.8 Å². The predicted octanol–water partition coefficient (Wildman–Crippen LogP) is 5.55. The van der Waals surface area contributed by atoms with Crippen molar-refractivity contribution in [1.82, 2.24) is 15.0 Å². The van der Waals surface area contributed by atoms with Gasteiger partial charge in [-0.2, -0.15) is 0 Å². The third kappa shape index (κ3) is 3.17. The van der Waals surface area contributed by atoms with Gasteiger partial charge in [0.2, 0.25) is 5.95 Å². The van der Waals surface area contributed by atoms with Gasteiger partial charge in [0.1, 0.15) is 0 Å². The van der Waals surface area contributed by atoms with Gasteiger partial charge in [-0.25, -0.2) is 4.98 Å². The van der Waals surface area contributed by atoms with Crippen molar-refractivity contribution in [3.05, 3.63) is 65.8 Å². The molecule has 0 spiro atoms. The third-order valence-electron chi connectivity index (χ3n) is 5.11. The van der Waals surface area contributed by atoms with Crippen LogP contribution in [0.4, 0.5) is 5.95 Å². The molecule has 1 N–H and O–H groups in total. The van der Waals surface area contributed by atoms with Crippen LogP contribution >= 0.6 is 11.6 Å². The number of halogens is 1. The monoisotopic (exact) mass is 374 g/mol. The Morgan fingerprint density at radius 2 is 1.59 bits per heavy atom. The number of nitrogens with one attached hydrogen (secondary N) is 1. The molecule has 5 rings (SSSR count). The van der Waals surface area contributed by atoms with E-state index in [2.05, 4.69) is 45.2 Å². The van der Waals surface area contributed by atoms with Gasteiger partial charge in [-0.15, -0.1) is 0 Å². The van der Waals surface area contributed by atoms with Gasteiger partial charge in [0.05, 0.1) is 16.7 Å². The lowest BCUT2D eigenvalue weighted by molar-refractivity contribution is 0.922. The lowest BCUT2D eigenvalue weighted by Gasteiger charge is -2.12. The molecule has 0 saturated carbocycles. The third-order valence-corrected chi connectivity index (χ3v) is 5.36. The van der Waals surface area contributed by atoms with Crippen molar-refractivity contribution in [3.8, 4) is 22.4 Å². The summed E-state index contributed by atoms with van der Waals surface area (Å²) in [5.41, 5.74) is 6.28. The second-order valence-corrected chi connectivity index (χ2v) is 7.36. The number of anilines is 1. The van der Waals surface area contributed by atoms with Crippen LogP contribution in [-0.2, 0) is 0 Å². The lowest BCUT2D eigenvalue weighted by atomic mass is 10.1. The van der Waals surface area contributed by atoms with Gasteiger partial charge in [-0.3, -0.25) is 4.98 Å². The molecule has 5 heteroatoms. The molecule has 2 aromatic carbocycles. The Morgan fingerprint density at radius 1 is 0.852 bits per heavy atom. The standard InChI is InChI=1S/C22H19ClN4/c23-18-7-3-15(4-8-18)17-6-9-19(24-14-17)16-5-10-20-21(13-16)26-22(25-20)27-11-1-2-12-27/h3-10,13-14H,1-2,11-12H2,(H,25,26). The van der Waals surface area contributed by atoms with Crippen molar-refractivity contribution in [2.24, 2.45) is 0 Å². The summed E-state index contributed by atoms with van der Waals surface area (Å²) in [6.07, 6.45) is 4.39. The van der Waals surface area contributed by atoms with E-state index in [0.29, 0.717) is 0 Å². The molecular formula is C22H19ClN4. The largest absolute Gasteiger partial charge is 0.342 e. The highest BCUT2D eigenvalue weighted by atomic mass is 35.5. The summed E-state index contributed by atoms with van der Waals surface area (Å²) in [4.78, 5) is 15.2. The maximum Gasteiger partial charge on any atom is 0.203 e. The van der Waals surface area contributed by atoms with Crippen LogP contribution in [-0.4, -0.2) is 28.0 Å². The first-order chi connectivity index (χ1) is 13.3. The van der Waals surface area contributed by atoms with Gasteiger partial charge in [-0.05, 0) is 48.7 Å². The molecule has 2 aromatic heterocycles. The lowest BCUT2D eigenvalue weighted by Crippen LogP contribution is -2.18. The molecule has 1 fully saturated rings. The molecule has 4 aromatic rings. The summed E-state index contributed by atoms with van der Waals surface area (Å²) < 4.78 is 0. The van der Waals surface area contributed by atoms with E-state index in [1.807, 2.05) is 30.5 Å². The fourth-order valence-corrected chi connectivity index (χ4v) is 3.74. The fraction of sp³-hybridized carbons (Fsp3) is 0.182. The van der Waals surface area contributed by atoms with E-state index in [1.54, 1.807) is 0 Å². The van der Waals surface area contributed by atoms with Crippen molar-refractivity contribution in [3.63, 3.8) is 0 Å². The van der Waals surface area contributed by atoms with E-state index in [9.17, 15) is 0 Å². The molecule has 3 heterocycles. The van der Waals surface area contributed by atoms with Crippen LogP contribution in [0, 0.1) is 0 Å². The van der Waals surface area contributed by atoms with Crippen LogP contribution in [0.1, 0.15) is 12.8 Å². The Bertz CT molecular complexity index is 1080. The van der Waals surface area contributed by atoms with Crippen molar-refractivity contribution in [2.45, 2.75) is 12.8 Å². The first-order valence-electron chi connectivity index (χ1n) is 9.23. The number of benzene rings is 2. The minimum absolute atomic E-state index is 0.740. The number of imidazole rings is 1. The van der Waals surface area contributed by atoms with Crippen molar-refractivity contribution >= 4 is 28.6 Å². The van der Waals surface area contributed by atoms with E-state index in [4.69, 9.17) is 16.6 Å². The van der Waals surface area contributed by atoms with E-state index < -0.39 is 0 Å². The van der Waals surface area contributed by atoms with Gasteiger partial charge >= 0.3 is 0 Å². The number of nitrogens with zero attached hydrogens (tertiary/aromatic N) is 3. The SMILES string of the molecule is Clc1ccc(-c2ccc(-c3ccc4nc(N5CCCC5)[nH]c4c3)nc2)cc1. The van der Waals surface area contributed by atoms with Crippen molar-refractivity contribution in [1.29, 1.82) is 0 Å². The number of hydrogen-bond donors (Lipinski definition) is 1. The molecule has 0 unspecified atom stereocenters. The number of hydrogen-bond acceptors (Lipinski definition) is 3. The Kier molecular flexibility index (Phi) is 4.06. The summed E-state index contributed by atoms with van der Waals surface area (Å²) in [7, 11) is 0. The first kappa shape index (κ1) is 16.3. The van der Waals surface area contributed by atoms with E-state index in [-0.39, 0.29) is 0 Å². The Hall–Kier alpha value is -2.85. The topological polar surface area (TPSA) is 44.8 Å². The molecule has 0 radical (unpaired) electrons. The van der Waals surface area contributed by atoms with Gasteiger partial charge < -0.3 is 9.88 Å². The van der Waals surface area contributed by atoms with Crippen LogP contribution in [0.5, 0.6) is 0 Å². The molecule has 0 bridgehead atoms. The molecule has 1 saturated heterocycles. The second-order valence-electron chi connectivity index (χ2n) is 6.93. The van der Waals surface area contributed by atoms with E-state index >= 15 is 0 Å². The average molecular weight is 375 g/mol. The highest BCUT2D eigenvalue weighted by molar-refractivity contribution is 6.30. The highest BCUT2D eigenvalue weighted by Crippen LogP contribution is 2.27. The van der Waals surface area contributed by atoms with Crippen LogP contribution in [0.25, 0.3) is 33.4 Å². The first-order valence-corrected chi connectivity index (χ1v) is 9.61. The number of rotatable bonds is 3. The molecule has 4 nitrogen and oxygen atoms in total. The summed E-state index contributed by atoms with van der Waals surface area (Å²) in [6.45, 7) is 2.17. The Balaban J connectivity index is 1.45. The molecular weight excluding hydrogens is 356 g/mol. The minimum atomic E-state index is 0.740. The van der Waals surface area contributed by atoms with E-state index in [0.717, 1.165) is 57.5 Å². The zero-order valence-corrected chi connectivity index (χ0v) is 15.6. The number of aromatic amines is 1. The summed E-state index contributed by atoms with van der Waals surface area (Å²) in [6, 6.07) is 18.2. The molecule has 0 aliphatic carbocycles. The Labute approximate surface area is 162 Å². The zero-order chi connectivity index (χ0) is 18.2. The number of fused-ring (bicyclic) bond motifs is 1. The van der Waals surface area contributed by atoms with Gasteiger partial charge in [0.25, 0.3) is 0 Å². The molecule has 0 amide bonds.